The van der Waals surface area contributed by atoms with E-state index in [0.717, 1.165) is 15.2 Å². The number of carbonyl (C=O) groups is 2. The van der Waals surface area contributed by atoms with Crippen LogP contribution in [-0.4, -0.2) is 40.6 Å². The molecule has 0 aromatic heterocycles. The third-order valence-electron chi connectivity index (χ3n) is 5.43. The Bertz CT molecular complexity index is 1520. The third-order valence-corrected chi connectivity index (χ3v) is 7.74. The van der Waals surface area contributed by atoms with Crippen LogP contribution in [0, 0.1) is 0 Å². The van der Waals surface area contributed by atoms with Crippen LogP contribution in [0.2, 0.25) is 0 Å². The number of amides is 1. The Labute approximate surface area is 223 Å². The zero-order chi connectivity index (χ0) is 26.4. The van der Waals surface area contributed by atoms with E-state index < -0.39 is 35.1 Å². The van der Waals surface area contributed by atoms with Crippen LogP contribution in [0.5, 0.6) is 5.75 Å². The lowest BCUT2D eigenvalue weighted by Crippen LogP contribution is -2.26. The number of hydrogen-bond acceptors (Lipinski definition) is 6. The van der Waals surface area contributed by atoms with Gasteiger partial charge in [0.2, 0.25) is 0 Å². The molecule has 0 aliphatic carbocycles. The number of fused-ring (bicyclic) bond motifs is 1. The molecule has 1 amide bonds. The number of halogens is 1. The number of rotatable bonds is 9. The third kappa shape index (κ3) is 6.66. The number of nitrogens with one attached hydrogen (secondary N) is 1. The highest BCUT2D eigenvalue weighted by Crippen LogP contribution is 2.26. The first kappa shape index (κ1) is 26.2. The standard InChI is InChI=1S/C27H23BrN2O6S/c1-30(37(33,34)25-15-6-19-4-2-3-5-20(19)16-25)23-11-13-24(14-12-23)35-18-27(32)36-17-26(31)29-22-9-7-21(28)8-10-22/h2-16H,17-18H2,1H3,(H,29,31). The molecule has 10 heteroatoms. The van der Waals surface area contributed by atoms with Crippen LogP contribution in [0.4, 0.5) is 11.4 Å². The van der Waals surface area contributed by atoms with Crippen LogP contribution in [0.15, 0.2) is 100 Å². The highest BCUT2D eigenvalue weighted by molar-refractivity contribution is 9.10. The fourth-order valence-electron chi connectivity index (χ4n) is 3.44. The molecule has 0 fully saturated rings. The zero-order valence-electron chi connectivity index (χ0n) is 19.8. The van der Waals surface area contributed by atoms with E-state index in [9.17, 15) is 18.0 Å². The molecule has 0 unspecified atom stereocenters. The summed E-state index contributed by atoms with van der Waals surface area (Å²) in [7, 11) is -2.31. The Hall–Kier alpha value is -3.89. The van der Waals surface area contributed by atoms with Gasteiger partial charge in [-0.05, 0) is 71.4 Å². The average Bonchev–Trinajstić information content (AvgIpc) is 2.91. The second-order valence-corrected chi connectivity index (χ2v) is 10.9. The number of benzene rings is 4. The highest BCUT2D eigenvalue weighted by atomic mass is 79.9. The Balaban J connectivity index is 1.29. The van der Waals surface area contributed by atoms with E-state index in [2.05, 4.69) is 21.2 Å². The number of ether oxygens (including phenoxy) is 2. The number of anilines is 2. The molecule has 4 rings (SSSR count). The summed E-state index contributed by atoms with van der Waals surface area (Å²) in [6, 6.07) is 25.8. The van der Waals surface area contributed by atoms with Gasteiger partial charge in [0.25, 0.3) is 15.9 Å². The highest BCUT2D eigenvalue weighted by Gasteiger charge is 2.21. The van der Waals surface area contributed by atoms with Gasteiger partial charge in [-0.2, -0.15) is 0 Å². The van der Waals surface area contributed by atoms with Crippen LogP contribution < -0.4 is 14.4 Å². The van der Waals surface area contributed by atoms with Gasteiger partial charge in [-0.15, -0.1) is 0 Å². The molecular formula is C27H23BrN2O6S. The van der Waals surface area contributed by atoms with Crippen molar-refractivity contribution in [1.82, 2.24) is 0 Å². The van der Waals surface area contributed by atoms with Crippen LogP contribution in [0.1, 0.15) is 0 Å². The molecule has 0 bridgehead atoms. The lowest BCUT2D eigenvalue weighted by Gasteiger charge is -2.20. The molecule has 4 aromatic carbocycles. The lowest BCUT2D eigenvalue weighted by atomic mass is 10.1. The molecule has 190 valence electrons. The van der Waals surface area contributed by atoms with Crippen molar-refractivity contribution < 1.29 is 27.5 Å². The van der Waals surface area contributed by atoms with E-state index >= 15 is 0 Å². The summed E-state index contributed by atoms with van der Waals surface area (Å²) in [5, 5.41) is 4.40. The molecular weight excluding hydrogens is 560 g/mol. The quantitative estimate of drug-likeness (QED) is 0.279. The molecule has 37 heavy (non-hydrogen) atoms. The smallest absolute Gasteiger partial charge is 0.344 e. The predicted molar refractivity (Wildman–Crippen MR) is 145 cm³/mol. The molecule has 0 saturated carbocycles. The van der Waals surface area contributed by atoms with Crippen molar-refractivity contribution >= 4 is 60.0 Å². The maximum atomic E-state index is 13.1. The molecule has 0 aliphatic heterocycles. The van der Waals surface area contributed by atoms with Crippen LogP contribution in [-0.2, 0) is 24.3 Å². The molecule has 1 N–H and O–H groups in total. The Morgan fingerprint density at radius 1 is 0.865 bits per heavy atom. The van der Waals surface area contributed by atoms with Crippen molar-refractivity contribution in [3.8, 4) is 5.75 Å². The first-order chi connectivity index (χ1) is 17.7. The van der Waals surface area contributed by atoms with Crippen LogP contribution in [0.3, 0.4) is 0 Å². The van der Waals surface area contributed by atoms with E-state index in [-0.39, 0.29) is 4.90 Å². The van der Waals surface area contributed by atoms with E-state index in [1.165, 1.54) is 11.4 Å². The Kier molecular flexibility index (Phi) is 8.10. The van der Waals surface area contributed by atoms with Gasteiger partial charge in [-0.25, -0.2) is 13.2 Å². The van der Waals surface area contributed by atoms with Crippen molar-refractivity contribution in [3.63, 3.8) is 0 Å². The molecule has 0 aliphatic rings. The molecule has 0 heterocycles. The monoisotopic (exact) mass is 582 g/mol. The minimum absolute atomic E-state index is 0.181. The van der Waals surface area contributed by atoms with Crippen LogP contribution in [0.25, 0.3) is 10.8 Å². The van der Waals surface area contributed by atoms with Crippen molar-refractivity contribution in [2.24, 2.45) is 0 Å². The van der Waals surface area contributed by atoms with Crippen molar-refractivity contribution in [3.05, 3.63) is 95.5 Å². The van der Waals surface area contributed by atoms with E-state index in [0.29, 0.717) is 17.1 Å². The maximum absolute atomic E-state index is 13.1. The van der Waals surface area contributed by atoms with Gasteiger partial charge in [0.05, 0.1) is 10.6 Å². The van der Waals surface area contributed by atoms with Gasteiger partial charge in [-0.3, -0.25) is 9.10 Å². The van der Waals surface area contributed by atoms with E-state index in [1.54, 1.807) is 66.7 Å². The summed E-state index contributed by atoms with van der Waals surface area (Å²) >= 11 is 3.31. The zero-order valence-corrected chi connectivity index (χ0v) is 22.2. The summed E-state index contributed by atoms with van der Waals surface area (Å²) in [6.07, 6.45) is 0. The van der Waals surface area contributed by atoms with E-state index in [1.807, 2.05) is 24.3 Å². The topological polar surface area (TPSA) is 102 Å². The van der Waals surface area contributed by atoms with Gasteiger partial charge in [0, 0.05) is 17.2 Å². The normalized spacial score (nSPS) is 11.1. The Morgan fingerprint density at radius 3 is 2.24 bits per heavy atom. The summed E-state index contributed by atoms with van der Waals surface area (Å²) in [5.41, 5.74) is 1.00. The minimum atomic E-state index is -3.78. The first-order valence-electron chi connectivity index (χ1n) is 11.1. The van der Waals surface area contributed by atoms with E-state index in [4.69, 9.17) is 9.47 Å². The number of esters is 1. The fraction of sp³-hybridized carbons (Fsp3) is 0.111. The maximum Gasteiger partial charge on any atom is 0.344 e. The molecule has 0 saturated heterocycles. The number of sulfonamides is 1. The largest absolute Gasteiger partial charge is 0.482 e. The number of hydrogen-bond donors (Lipinski definition) is 1. The molecule has 0 radical (unpaired) electrons. The summed E-state index contributed by atoms with van der Waals surface area (Å²) in [4.78, 5) is 24.1. The average molecular weight is 583 g/mol. The second-order valence-electron chi connectivity index (χ2n) is 7.98. The van der Waals surface area contributed by atoms with Crippen molar-refractivity contribution in [2.75, 3.05) is 29.9 Å². The predicted octanol–water partition coefficient (Wildman–Crippen LogP) is 4.99. The lowest BCUT2D eigenvalue weighted by molar-refractivity contribution is -0.149. The second kappa shape index (κ2) is 11.4. The number of carbonyl (C=O) groups excluding carboxylic acids is 2. The molecule has 4 aromatic rings. The minimum Gasteiger partial charge on any atom is -0.482 e. The summed E-state index contributed by atoms with van der Waals surface area (Å²) < 4.78 is 38.7. The molecule has 8 nitrogen and oxygen atoms in total. The van der Waals surface area contributed by atoms with Crippen molar-refractivity contribution in [1.29, 1.82) is 0 Å². The van der Waals surface area contributed by atoms with Gasteiger partial charge in [-0.1, -0.05) is 46.3 Å². The van der Waals surface area contributed by atoms with Crippen molar-refractivity contribution in [2.45, 2.75) is 4.90 Å². The summed E-state index contributed by atoms with van der Waals surface area (Å²) in [5.74, 6) is -0.849. The van der Waals surface area contributed by atoms with Gasteiger partial charge in [0.15, 0.2) is 13.2 Å². The van der Waals surface area contributed by atoms with Crippen LogP contribution >= 0.6 is 15.9 Å². The number of nitrogens with zero attached hydrogens (tertiary/aromatic N) is 1. The molecule has 0 spiro atoms. The van der Waals surface area contributed by atoms with Gasteiger partial charge >= 0.3 is 5.97 Å². The SMILES string of the molecule is CN(c1ccc(OCC(=O)OCC(=O)Nc2ccc(Br)cc2)cc1)S(=O)(=O)c1ccc2ccccc2c1. The van der Waals surface area contributed by atoms with Gasteiger partial charge in [0.1, 0.15) is 5.75 Å². The first-order valence-corrected chi connectivity index (χ1v) is 13.4. The summed E-state index contributed by atoms with van der Waals surface area (Å²) in [6.45, 7) is -0.856. The Morgan fingerprint density at radius 2 is 1.54 bits per heavy atom. The van der Waals surface area contributed by atoms with Gasteiger partial charge < -0.3 is 14.8 Å². The fourth-order valence-corrected chi connectivity index (χ4v) is 4.93. The molecule has 0 atom stereocenters.